The summed E-state index contributed by atoms with van der Waals surface area (Å²) in [4.78, 5) is 15.2. The first-order chi connectivity index (χ1) is 7.61. The fourth-order valence-electron chi connectivity index (χ4n) is 1.17. The van der Waals surface area contributed by atoms with Gasteiger partial charge in [0.05, 0.1) is 15.2 Å². The zero-order chi connectivity index (χ0) is 11.7. The quantitative estimate of drug-likeness (QED) is 0.734. The van der Waals surface area contributed by atoms with Crippen LogP contribution in [-0.2, 0) is 0 Å². The lowest BCUT2D eigenvalue weighted by atomic mass is 10.3. The lowest BCUT2D eigenvalue weighted by Gasteiger charge is -1.97. The highest BCUT2D eigenvalue weighted by molar-refractivity contribution is 7.22. The molecule has 7 heteroatoms. The van der Waals surface area contributed by atoms with E-state index >= 15 is 0 Å². The summed E-state index contributed by atoms with van der Waals surface area (Å²) in [6.07, 6.45) is 0. The van der Waals surface area contributed by atoms with Gasteiger partial charge in [-0.05, 0) is 12.1 Å². The molecule has 0 fully saturated rings. The third-order valence-electron chi connectivity index (χ3n) is 1.93. The van der Waals surface area contributed by atoms with Crippen molar-refractivity contribution < 1.29 is 9.90 Å². The average Bonchev–Trinajstić information content (AvgIpc) is 2.67. The molecule has 0 bridgehead atoms. The number of aromatic hydroxyl groups is 1. The number of halogens is 1. The highest BCUT2D eigenvalue weighted by Crippen LogP contribution is 2.37. The summed E-state index contributed by atoms with van der Waals surface area (Å²) in [5.41, 5.74) is 0.596. The van der Waals surface area contributed by atoms with Gasteiger partial charge in [-0.15, -0.1) is 0 Å². The number of nitrogens with one attached hydrogen (secondary N) is 2. The Bertz CT molecular complexity index is 555. The van der Waals surface area contributed by atoms with Crippen LogP contribution in [0.5, 0.6) is 5.75 Å². The van der Waals surface area contributed by atoms with Gasteiger partial charge < -0.3 is 10.4 Å². The topological polar surface area (TPSA) is 74.2 Å². The summed E-state index contributed by atoms with van der Waals surface area (Å²) in [5.74, 6) is -0.0124. The third-order valence-corrected chi connectivity index (χ3v) is 3.23. The minimum absolute atomic E-state index is 0.0124. The number of thiazole rings is 1. The summed E-state index contributed by atoms with van der Waals surface area (Å²) >= 11 is 6.92. The second-order valence-electron chi connectivity index (χ2n) is 2.97. The summed E-state index contributed by atoms with van der Waals surface area (Å²) in [6, 6.07) is 2.88. The van der Waals surface area contributed by atoms with Gasteiger partial charge in [-0.1, -0.05) is 22.9 Å². The molecule has 1 heterocycles. The third kappa shape index (κ3) is 1.89. The van der Waals surface area contributed by atoms with Gasteiger partial charge in [-0.25, -0.2) is 9.78 Å². The lowest BCUT2D eigenvalue weighted by Crippen LogP contribution is -2.24. The zero-order valence-corrected chi connectivity index (χ0v) is 9.82. The molecule has 2 aromatic rings. The van der Waals surface area contributed by atoms with Crippen molar-refractivity contribution in [1.82, 2.24) is 10.3 Å². The summed E-state index contributed by atoms with van der Waals surface area (Å²) < 4.78 is 0.555. The van der Waals surface area contributed by atoms with E-state index in [4.69, 9.17) is 11.6 Å². The Balaban J connectivity index is 2.44. The second-order valence-corrected chi connectivity index (χ2v) is 4.37. The molecule has 1 aromatic carbocycles. The van der Waals surface area contributed by atoms with Crippen LogP contribution in [0.1, 0.15) is 0 Å². The molecule has 2 rings (SSSR count). The molecule has 0 spiro atoms. The van der Waals surface area contributed by atoms with Crippen LogP contribution in [0.15, 0.2) is 12.1 Å². The van der Waals surface area contributed by atoms with Crippen LogP contribution >= 0.6 is 22.9 Å². The van der Waals surface area contributed by atoms with Crippen molar-refractivity contribution in [2.75, 3.05) is 12.4 Å². The highest BCUT2D eigenvalue weighted by Gasteiger charge is 2.11. The molecule has 5 nitrogen and oxygen atoms in total. The van der Waals surface area contributed by atoms with E-state index in [0.717, 1.165) is 11.3 Å². The molecule has 0 saturated carbocycles. The monoisotopic (exact) mass is 257 g/mol. The number of aromatic nitrogens is 1. The number of nitrogens with zero attached hydrogens (tertiary/aromatic N) is 1. The maximum atomic E-state index is 11.1. The number of hydrogen-bond donors (Lipinski definition) is 3. The largest absolute Gasteiger partial charge is 0.505 e. The van der Waals surface area contributed by atoms with E-state index in [-0.39, 0.29) is 16.8 Å². The number of anilines is 1. The van der Waals surface area contributed by atoms with Crippen LogP contribution in [-0.4, -0.2) is 23.2 Å². The van der Waals surface area contributed by atoms with Crippen molar-refractivity contribution in [3.63, 3.8) is 0 Å². The molecule has 2 amide bonds. The minimum atomic E-state index is -0.357. The van der Waals surface area contributed by atoms with E-state index in [1.807, 2.05) is 0 Å². The molecule has 1 aromatic heterocycles. The van der Waals surface area contributed by atoms with E-state index in [9.17, 15) is 9.90 Å². The Morgan fingerprint density at radius 2 is 2.31 bits per heavy atom. The molecular weight excluding hydrogens is 250 g/mol. The van der Waals surface area contributed by atoms with Crippen molar-refractivity contribution in [1.29, 1.82) is 0 Å². The van der Waals surface area contributed by atoms with Crippen molar-refractivity contribution in [2.45, 2.75) is 0 Å². The van der Waals surface area contributed by atoms with E-state index < -0.39 is 0 Å². The smallest absolute Gasteiger partial charge is 0.320 e. The summed E-state index contributed by atoms with van der Waals surface area (Å²) in [5, 5.41) is 15.3. The number of urea groups is 1. The second kappa shape index (κ2) is 4.15. The number of rotatable bonds is 1. The summed E-state index contributed by atoms with van der Waals surface area (Å²) in [6.45, 7) is 0. The fourth-order valence-corrected chi connectivity index (χ4v) is 2.29. The predicted molar refractivity (Wildman–Crippen MR) is 64.4 cm³/mol. The van der Waals surface area contributed by atoms with Crippen LogP contribution in [0.2, 0.25) is 5.02 Å². The number of amides is 2. The van der Waals surface area contributed by atoms with Gasteiger partial charge in [-0.2, -0.15) is 0 Å². The lowest BCUT2D eigenvalue weighted by molar-refractivity contribution is 0.254. The fraction of sp³-hybridized carbons (Fsp3) is 0.111. The average molecular weight is 258 g/mol. The molecule has 0 atom stereocenters. The SMILES string of the molecule is CNC(=O)Nc1nc2ccc(Cl)c(O)c2s1. The highest BCUT2D eigenvalue weighted by atomic mass is 35.5. The first kappa shape index (κ1) is 11.0. The number of hydrogen-bond acceptors (Lipinski definition) is 4. The number of benzene rings is 1. The first-order valence-electron chi connectivity index (χ1n) is 4.38. The summed E-state index contributed by atoms with van der Waals surface area (Å²) in [7, 11) is 1.51. The molecule has 0 saturated heterocycles. The van der Waals surface area contributed by atoms with E-state index in [0.29, 0.717) is 15.3 Å². The molecule has 0 unspecified atom stereocenters. The molecule has 84 valence electrons. The van der Waals surface area contributed by atoms with Gasteiger partial charge in [0.15, 0.2) is 10.9 Å². The first-order valence-corrected chi connectivity index (χ1v) is 5.58. The van der Waals surface area contributed by atoms with E-state index in [2.05, 4.69) is 15.6 Å². The number of carbonyl (C=O) groups is 1. The Morgan fingerprint density at radius 3 is 3.00 bits per heavy atom. The number of phenolic OH excluding ortho intramolecular Hbond substituents is 1. The number of fused-ring (bicyclic) bond motifs is 1. The van der Waals surface area contributed by atoms with Gasteiger partial charge >= 0.3 is 6.03 Å². The molecule has 16 heavy (non-hydrogen) atoms. The Hall–Kier alpha value is -1.53. The molecular formula is C9H8ClN3O2S. The maximum Gasteiger partial charge on any atom is 0.320 e. The Morgan fingerprint density at radius 1 is 1.56 bits per heavy atom. The van der Waals surface area contributed by atoms with E-state index in [1.165, 1.54) is 7.05 Å². The van der Waals surface area contributed by atoms with Crippen molar-refractivity contribution in [2.24, 2.45) is 0 Å². The molecule has 3 N–H and O–H groups in total. The Kier molecular flexibility index (Phi) is 2.84. The van der Waals surface area contributed by atoms with Gasteiger partial charge in [0.25, 0.3) is 0 Å². The van der Waals surface area contributed by atoms with Crippen LogP contribution in [0.4, 0.5) is 9.93 Å². The van der Waals surface area contributed by atoms with Crippen LogP contribution in [0.3, 0.4) is 0 Å². The molecule has 0 aliphatic heterocycles. The minimum Gasteiger partial charge on any atom is -0.505 e. The standard InChI is InChI=1S/C9H8ClN3O2S/c1-11-8(15)13-9-12-5-3-2-4(10)6(14)7(5)16-9/h2-3,14H,1H3,(H2,11,12,13,15). The Labute approximate surface area is 100 Å². The van der Waals surface area contributed by atoms with Crippen LogP contribution < -0.4 is 10.6 Å². The van der Waals surface area contributed by atoms with Gasteiger partial charge in [0, 0.05) is 7.05 Å². The van der Waals surface area contributed by atoms with Crippen LogP contribution in [0.25, 0.3) is 10.2 Å². The molecule has 0 aliphatic rings. The van der Waals surface area contributed by atoms with Crippen molar-refractivity contribution >= 4 is 44.3 Å². The number of carbonyl (C=O) groups excluding carboxylic acids is 1. The van der Waals surface area contributed by atoms with Gasteiger partial charge in [0.1, 0.15) is 0 Å². The predicted octanol–water partition coefficient (Wildman–Crippen LogP) is 2.41. The van der Waals surface area contributed by atoms with E-state index in [1.54, 1.807) is 12.1 Å². The van der Waals surface area contributed by atoms with Gasteiger partial charge in [-0.3, -0.25) is 5.32 Å². The maximum absolute atomic E-state index is 11.1. The van der Waals surface area contributed by atoms with Gasteiger partial charge in [0.2, 0.25) is 0 Å². The number of phenols is 1. The molecule has 0 aliphatic carbocycles. The normalized spacial score (nSPS) is 10.4. The zero-order valence-electron chi connectivity index (χ0n) is 8.24. The molecule has 0 radical (unpaired) electrons. The van der Waals surface area contributed by atoms with Crippen molar-refractivity contribution in [3.8, 4) is 5.75 Å². The van der Waals surface area contributed by atoms with Crippen LogP contribution in [0, 0.1) is 0 Å². The van der Waals surface area contributed by atoms with Crippen molar-refractivity contribution in [3.05, 3.63) is 17.2 Å².